The summed E-state index contributed by atoms with van der Waals surface area (Å²) in [5, 5.41) is 0. The summed E-state index contributed by atoms with van der Waals surface area (Å²) >= 11 is 0. The largest absolute Gasteiger partial charge is 0.378 e. The number of hydrogen-bond donors (Lipinski definition) is 1. The summed E-state index contributed by atoms with van der Waals surface area (Å²) in [4.78, 5) is 0. The molecule has 3 nitrogen and oxygen atoms in total. The van der Waals surface area contributed by atoms with Crippen molar-refractivity contribution in [1.82, 2.24) is 0 Å². The molecule has 0 bridgehead atoms. The summed E-state index contributed by atoms with van der Waals surface area (Å²) < 4.78 is 11.1. The van der Waals surface area contributed by atoms with E-state index in [-0.39, 0.29) is 11.6 Å². The first-order valence-electron chi connectivity index (χ1n) is 5.73. The van der Waals surface area contributed by atoms with Crippen molar-refractivity contribution in [3.63, 3.8) is 0 Å². The molecule has 2 rings (SSSR count). The zero-order valence-corrected chi connectivity index (χ0v) is 9.00. The van der Waals surface area contributed by atoms with Crippen LogP contribution in [0.3, 0.4) is 0 Å². The maximum atomic E-state index is 6.30. The maximum absolute atomic E-state index is 6.30. The SMILES string of the molecule is CC1OCCC1(N)CCC1CCCO1. The highest BCUT2D eigenvalue weighted by Crippen LogP contribution is 2.30. The average molecular weight is 199 g/mol. The Morgan fingerprint density at radius 3 is 2.79 bits per heavy atom. The van der Waals surface area contributed by atoms with Gasteiger partial charge in [0, 0.05) is 18.8 Å². The fraction of sp³-hybridized carbons (Fsp3) is 1.00. The van der Waals surface area contributed by atoms with E-state index in [0.717, 1.165) is 32.5 Å². The predicted molar refractivity (Wildman–Crippen MR) is 55.2 cm³/mol. The molecule has 3 atom stereocenters. The standard InChI is InChI=1S/C11H21NO2/c1-9-11(12,6-8-13-9)5-4-10-3-2-7-14-10/h9-10H,2-8,12H2,1H3. The van der Waals surface area contributed by atoms with Gasteiger partial charge in [0.2, 0.25) is 0 Å². The number of nitrogens with two attached hydrogens (primary N) is 1. The topological polar surface area (TPSA) is 44.5 Å². The van der Waals surface area contributed by atoms with E-state index < -0.39 is 0 Å². The highest BCUT2D eigenvalue weighted by molar-refractivity contribution is 4.94. The van der Waals surface area contributed by atoms with Crippen LogP contribution in [0.4, 0.5) is 0 Å². The normalized spacial score (nSPS) is 43.3. The lowest BCUT2D eigenvalue weighted by molar-refractivity contribution is 0.0720. The monoisotopic (exact) mass is 199 g/mol. The van der Waals surface area contributed by atoms with Crippen LogP contribution in [0.15, 0.2) is 0 Å². The second kappa shape index (κ2) is 4.17. The van der Waals surface area contributed by atoms with Gasteiger partial charge in [0.15, 0.2) is 0 Å². The Labute approximate surface area is 85.9 Å². The Morgan fingerprint density at radius 1 is 1.36 bits per heavy atom. The van der Waals surface area contributed by atoms with Gasteiger partial charge in [-0.25, -0.2) is 0 Å². The molecule has 2 aliphatic heterocycles. The first-order valence-corrected chi connectivity index (χ1v) is 5.73. The molecule has 2 heterocycles. The van der Waals surface area contributed by atoms with Crippen molar-refractivity contribution < 1.29 is 9.47 Å². The summed E-state index contributed by atoms with van der Waals surface area (Å²) in [7, 11) is 0. The Morgan fingerprint density at radius 2 is 2.21 bits per heavy atom. The zero-order chi connectivity index (χ0) is 10.0. The minimum absolute atomic E-state index is 0.0913. The molecular formula is C11H21NO2. The molecule has 0 aromatic heterocycles. The quantitative estimate of drug-likeness (QED) is 0.748. The smallest absolute Gasteiger partial charge is 0.0727 e. The van der Waals surface area contributed by atoms with Crippen LogP contribution >= 0.6 is 0 Å². The molecule has 0 amide bonds. The molecule has 2 aliphatic rings. The van der Waals surface area contributed by atoms with Crippen LogP contribution in [0, 0.1) is 0 Å². The Balaban J connectivity index is 1.78. The maximum Gasteiger partial charge on any atom is 0.0727 e. The van der Waals surface area contributed by atoms with Gasteiger partial charge in [-0.05, 0) is 39.0 Å². The molecule has 3 heteroatoms. The zero-order valence-electron chi connectivity index (χ0n) is 9.00. The van der Waals surface area contributed by atoms with Gasteiger partial charge in [-0.1, -0.05) is 0 Å². The molecule has 0 radical (unpaired) electrons. The van der Waals surface area contributed by atoms with Crippen LogP contribution in [0.5, 0.6) is 0 Å². The van der Waals surface area contributed by atoms with Crippen molar-refractivity contribution in [2.24, 2.45) is 5.73 Å². The summed E-state index contributed by atoms with van der Waals surface area (Å²) in [5.41, 5.74) is 6.21. The summed E-state index contributed by atoms with van der Waals surface area (Å²) in [5.74, 6) is 0. The van der Waals surface area contributed by atoms with Crippen LogP contribution in [0.25, 0.3) is 0 Å². The van der Waals surface area contributed by atoms with E-state index in [1.165, 1.54) is 12.8 Å². The fourth-order valence-corrected chi connectivity index (χ4v) is 2.42. The molecule has 0 aromatic rings. The summed E-state index contributed by atoms with van der Waals surface area (Å²) in [6, 6.07) is 0. The molecule has 2 N–H and O–H groups in total. The molecule has 2 fully saturated rings. The summed E-state index contributed by atoms with van der Waals surface area (Å²) in [6.45, 7) is 3.85. The Hall–Kier alpha value is -0.120. The lowest BCUT2D eigenvalue weighted by Gasteiger charge is -2.28. The van der Waals surface area contributed by atoms with E-state index in [4.69, 9.17) is 15.2 Å². The number of rotatable bonds is 3. The highest BCUT2D eigenvalue weighted by Gasteiger charge is 2.37. The Kier molecular flexibility index (Phi) is 3.10. The van der Waals surface area contributed by atoms with Crippen LogP contribution in [-0.2, 0) is 9.47 Å². The van der Waals surface area contributed by atoms with Crippen molar-refractivity contribution in [3.8, 4) is 0 Å². The van der Waals surface area contributed by atoms with E-state index in [9.17, 15) is 0 Å². The van der Waals surface area contributed by atoms with E-state index >= 15 is 0 Å². The Bertz CT molecular complexity index is 192. The van der Waals surface area contributed by atoms with Crippen LogP contribution in [0.1, 0.15) is 39.0 Å². The van der Waals surface area contributed by atoms with Crippen LogP contribution in [-0.4, -0.2) is 31.0 Å². The molecule has 14 heavy (non-hydrogen) atoms. The molecule has 3 unspecified atom stereocenters. The minimum atomic E-state index is -0.0913. The van der Waals surface area contributed by atoms with Crippen LogP contribution in [0.2, 0.25) is 0 Å². The van der Waals surface area contributed by atoms with Crippen molar-refractivity contribution in [2.45, 2.75) is 56.8 Å². The lowest BCUT2D eigenvalue weighted by Crippen LogP contribution is -2.46. The third-order valence-corrected chi connectivity index (χ3v) is 3.70. The van der Waals surface area contributed by atoms with Gasteiger partial charge in [0.05, 0.1) is 12.2 Å². The first kappa shape index (κ1) is 10.4. The van der Waals surface area contributed by atoms with Crippen LogP contribution < -0.4 is 5.73 Å². The molecule has 0 spiro atoms. The average Bonchev–Trinajstić information content (AvgIpc) is 2.75. The second-order valence-corrected chi connectivity index (χ2v) is 4.67. The highest BCUT2D eigenvalue weighted by atomic mass is 16.5. The number of ether oxygens (including phenoxy) is 2. The fourth-order valence-electron chi connectivity index (χ4n) is 2.42. The van der Waals surface area contributed by atoms with Gasteiger partial charge in [0.25, 0.3) is 0 Å². The molecule has 82 valence electrons. The van der Waals surface area contributed by atoms with Gasteiger partial charge in [-0.15, -0.1) is 0 Å². The minimum Gasteiger partial charge on any atom is -0.378 e. The van der Waals surface area contributed by atoms with E-state index in [1.54, 1.807) is 0 Å². The van der Waals surface area contributed by atoms with Gasteiger partial charge in [0.1, 0.15) is 0 Å². The lowest BCUT2D eigenvalue weighted by atomic mass is 9.87. The molecule has 2 saturated heterocycles. The third-order valence-electron chi connectivity index (χ3n) is 3.70. The molecule has 0 aliphatic carbocycles. The van der Waals surface area contributed by atoms with Gasteiger partial charge < -0.3 is 15.2 Å². The van der Waals surface area contributed by atoms with E-state index in [0.29, 0.717) is 6.10 Å². The van der Waals surface area contributed by atoms with Crippen molar-refractivity contribution in [1.29, 1.82) is 0 Å². The van der Waals surface area contributed by atoms with Gasteiger partial charge in [-0.2, -0.15) is 0 Å². The number of hydrogen-bond acceptors (Lipinski definition) is 3. The van der Waals surface area contributed by atoms with Crippen molar-refractivity contribution >= 4 is 0 Å². The molecule has 0 aromatic carbocycles. The predicted octanol–water partition coefficient (Wildman–Crippen LogP) is 1.45. The first-order chi connectivity index (χ1) is 6.71. The van der Waals surface area contributed by atoms with E-state index in [2.05, 4.69) is 6.92 Å². The van der Waals surface area contributed by atoms with E-state index in [1.807, 2.05) is 0 Å². The van der Waals surface area contributed by atoms with Crippen molar-refractivity contribution in [3.05, 3.63) is 0 Å². The molecule has 0 saturated carbocycles. The van der Waals surface area contributed by atoms with Gasteiger partial charge >= 0.3 is 0 Å². The second-order valence-electron chi connectivity index (χ2n) is 4.67. The third kappa shape index (κ3) is 2.10. The van der Waals surface area contributed by atoms with Crippen molar-refractivity contribution in [2.75, 3.05) is 13.2 Å². The molecular weight excluding hydrogens is 178 g/mol. The van der Waals surface area contributed by atoms with Gasteiger partial charge in [-0.3, -0.25) is 0 Å². The summed E-state index contributed by atoms with van der Waals surface area (Å²) in [6.07, 6.45) is 6.25.